The number of fused-ring (bicyclic) bond motifs is 3. The highest BCUT2D eigenvalue weighted by Gasteiger charge is 2.35. The zero-order chi connectivity index (χ0) is 24.2. The van der Waals surface area contributed by atoms with Crippen molar-refractivity contribution in [1.29, 1.82) is 0 Å². The third-order valence-corrected chi connectivity index (χ3v) is 6.63. The monoisotopic (exact) mass is 483 g/mol. The Morgan fingerprint density at radius 3 is 2.51 bits per heavy atom. The van der Waals surface area contributed by atoms with Gasteiger partial charge in [-0.25, -0.2) is 9.37 Å². The topological polar surface area (TPSA) is 86.9 Å². The van der Waals surface area contributed by atoms with Gasteiger partial charge in [0.2, 0.25) is 0 Å². The normalized spacial score (nSPS) is 13.4. The van der Waals surface area contributed by atoms with Gasteiger partial charge in [-0.3, -0.25) is 0 Å². The number of hydrogen-bond donors (Lipinski definition) is 1. The van der Waals surface area contributed by atoms with Crippen molar-refractivity contribution in [2.24, 2.45) is 12.8 Å². The largest absolute Gasteiger partial charge is 0.336 e. The van der Waals surface area contributed by atoms with E-state index in [-0.39, 0.29) is 5.82 Å². The number of aromatic nitrogens is 6. The van der Waals surface area contributed by atoms with Crippen LogP contribution >= 0.6 is 11.6 Å². The Morgan fingerprint density at radius 2 is 1.77 bits per heavy atom. The maximum atomic E-state index is 13.8. The third-order valence-electron chi connectivity index (χ3n) is 6.39. The van der Waals surface area contributed by atoms with Gasteiger partial charge >= 0.3 is 0 Å². The summed E-state index contributed by atoms with van der Waals surface area (Å²) in [6, 6.07) is 21.7. The summed E-state index contributed by atoms with van der Waals surface area (Å²) in [6.07, 6.45) is 3.43. The molecule has 7 nitrogen and oxygen atoms in total. The van der Waals surface area contributed by atoms with Gasteiger partial charge in [0.15, 0.2) is 5.65 Å². The molecule has 1 unspecified atom stereocenters. The first kappa shape index (κ1) is 21.4. The van der Waals surface area contributed by atoms with Crippen molar-refractivity contribution in [2.45, 2.75) is 5.54 Å². The lowest BCUT2D eigenvalue weighted by atomic mass is 9.80. The SMILES string of the molecule is Cn1cncc1C(N)(c1ccc(F)cc1)c1ccc2c(c1)c(-c1cccc(Cl)c1)cc1nnnn12. The summed E-state index contributed by atoms with van der Waals surface area (Å²) in [4.78, 5) is 4.29. The lowest BCUT2D eigenvalue weighted by Gasteiger charge is -2.31. The molecule has 9 heteroatoms. The summed E-state index contributed by atoms with van der Waals surface area (Å²) in [5, 5.41) is 13.7. The van der Waals surface area contributed by atoms with Crippen LogP contribution < -0.4 is 5.73 Å². The minimum atomic E-state index is -1.10. The molecule has 2 N–H and O–H groups in total. The summed E-state index contributed by atoms with van der Waals surface area (Å²) < 4.78 is 17.4. The Bertz CT molecular complexity index is 1710. The number of imidazole rings is 1. The zero-order valence-electron chi connectivity index (χ0n) is 18.6. The summed E-state index contributed by atoms with van der Waals surface area (Å²) >= 11 is 6.32. The van der Waals surface area contributed by atoms with Crippen molar-refractivity contribution in [1.82, 2.24) is 29.6 Å². The van der Waals surface area contributed by atoms with E-state index in [1.807, 2.05) is 60.1 Å². The average molecular weight is 484 g/mol. The van der Waals surface area contributed by atoms with E-state index in [4.69, 9.17) is 17.3 Å². The first-order chi connectivity index (χ1) is 16.9. The van der Waals surface area contributed by atoms with E-state index in [0.717, 1.165) is 38.9 Å². The molecule has 172 valence electrons. The molecule has 6 rings (SSSR count). The van der Waals surface area contributed by atoms with Gasteiger partial charge in [0, 0.05) is 17.5 Å². The van der Waals surface area contributed by atoms with Crippen molar-refractivity contribution in [3.8, 4) is 11.1 Å². The molecule has 35 heavy (non-hydrogen) atoms. The van der Waals surface area contributed by atoms with E-state index in [1.54, 1.807) is 29.2 Å². The van der Waals surface area contributed by atoms with E-state index in [9.17, 15) is 4.39 Å². The predicted molar refractivity (Wildman–Crippen MR) is 132 cm³/mol. The Labute approximate surface area is 204 Å². The van der Waals surface area contributed by atoms with Crippen molar-refractivity contribution in [3.63, 3.8) is 0 Å². The van der Waals surface area contributed by atoms with E-state index < -0.39 is 5.54 Å². The van der Waals surface area contributed by atoms with Crippen LogP contribution in [0.1, 0.15) is 16.8 Å². The molecule has 0 aliphatic heterocycles. The van der Waals surface area contributed by atoms with Crippen LogP contribution in [0, 0.1) is 5.82 Å². The number of halogens is 2. The van der Waals surface area contributed by atoms with Gasteiger partial charge in [0.05, 0.1) is 23.7 Å². The van der Waals surface area contributed by atoms with Crippen LogP contribution in [0.3, 0.4) is 0 Å². The van der Waals surface area contributed by atoms with Crippen molar-refractivity contribution < 1.29 is 4.39 Å². The molecule has 0 saturated heterocycles. The van der Waals surface area contributed by atoms with Crippen molar-refractivity contribution in [2.75, 3.05) is 0 Å². The molecule has 3 aromatic heterocycles. The number of nitrogens with zero attached hydrogens (tertiary/aromatic N) is 6. The summed E-state index contributed by atoms with van der Waals surface area (Å²) in [7, 11) is 1.89. The number of nitrogens with two attached hydrogens (primary N) is 1. The van der Waals surface area contributed by atoms with Crippen LogP contribution in [-0.2, 0) is 12.6 Å². The number of hydrogen-bond acceptors (Lipinski definition) is 5. The second-order valence-corrected chi connectivity index (χ2v) is 8.89. The molecule has 1 atom stereocenters. The molecule has 6 aromatic rings. The van der Waals surface area contributed by atoms with Crippen LogP contribution in [0.5, 0.6) is 0 Å². The maximum absolute atomic E-state index is 13.8. The minimum Gasteiger partial charge on any atom is -0.336 e. The standard InChI is InChI=1S/C26H19ClFN7/c1-34-15-30-14-24(34)26(29,17-5-8-20(28)9-6-17)18-7-10-23-22(12-18)21(13-25-31-32-33-35(23)25)16-3-2-4-19(27)11-16/h2-15H,29H2,1H3. The van der Waals surface area contributed by atoms with E-state index in [1.165, 1.54) is 12.1 Å². The quantitative estimate of drug-likeness (QED) is 0.392. The molecule has 0 radical (unpaired) electrons. The molecule has 3 aromatic carbocycles. The molecule has 0 saturated carbocycles. The van der Waals surface area contributed by atoms with Crippen LogP contribution in [0.15, 0.2) is 85.3 Å². The Balaban J connectivity index is 1.68. The van der Waals surface area contributed by atoms with Gasteiger partial charge in [-0.05, 0) is 75.1 Å². The first-order valence-corrected chi connectivity index (χ1v) is 11.3. The van der Waals surface area contributed by atoms with Gasteiger partial charge in [-0.1, -0.05) is 41.9 Å². The fourth-order valence-electron chi connectivity index (χ4n) is 4.65. The van der Waals surface area contributed by atoms with E-state index in [0.29, 0.717) is 10.7 Å². The lowest BCUT2D eigenvalue weighted by Crippen LogP contribution is -2.41. The second kappa shape index (κ2) is 7.97. The van der Waals surface area contributed by atoms with Crippen molar-refractivity contribution >= 4 is 28.2 Å². The van der Waals surface area contributed by atoms with Gasteiger partial charge < -0.3 is 10.3 Å². The summed E-state index contributed by atoms with van der Waals surface area (Å²) in [5.41, 5.74) is 11.7. The maximum Gasteiger partial charge on any atom is 0.180 e. The lowest BCUT2D eigenvalue weighted by molar-refractivity contribution is 0.589. The van der Waals surface area contributed by atoms with Crippen LogP contribution in [0.2, 0.25) is 5.02 Å². The van der Waals surface area contributed by atoms with Crippen molar-refractivity contribution in [3.05, 3.63) is 113 Å². The summed E-state index contributed by atoms with van der Waals surface area (Å²) in [5.74, 6) is -0.330. The Morgan fingerprint density at radius 1 is 0.971 bits per heavy atom. The van der Waals surface area contributed by atoms with Gasteiger partial charge in [-0.2, -0.15) is 4.52 Å². The van der Waals surface area contributed by atoms with Crippen LogP contribution in [0.4, 0.5) is 4.39 Å². The van der Waals surface area contributed by atoms with Gasteiger partial charge in [-0.15, -0.1) is 5.10 Å². The highest BCUT2D eigenvalue weighted by atomic mass is 35.5. The molecule has 3 heterocycles. The van der Waals surface area contributed by atoms with Gasteiger partial charge in [0.1, 0.15) is 11.4 Å². The van der Waals surface area contributed by atoms with E-state index in [2.05, 4.69) is 20.5 Å². The molecule has 0 bridgehead atoms. The molecule has 0 fully saturated rings. The smallest absolute Gasteiger partial charge is 0.180 e. The Kier molecular flexibility index (Phi) is 4.87. The number of rotatable bonds is 4. The number of benzene rings is 3. The second-order valence-electron chi connectivity index (χ2n) is 8.45. The third kappa shape index (κ3) is 3.38. The minimum absolute atomic E-state index is 0.330. The number of tetrazole rings is 1. The van der Waals surface area contributed by atoms with Gasteiger partial charge in [0.25, 0.3) is 0 Å². The van der Waals surface area contributed by atoms with E-state index >= 15 is 0 Å². The molecule has 0 aliphatic carbocycles. The fourth-order valence-corrected chi connectivity index (χ4v) is 4.84. The summed E-state index contributed by atoms with van der Waals surface area (Å²) in [6.45, 7) is 0. The highest BCUT2D eigenvalue weighted by molar-refractivity contribution is 6.30. The molecular weight excluding hydrogens is 465 g/mol. The first-order valence-electron chi connectivity index (χ1n) is 10.9. The fraction of sp³-hybridized carbons (Fsp3) is 0.0769. The number of pyridine rings is 1. The van der Waals surface area contributed by atoms with Crippen LogP contribution in [-0.4, -0.2) is 29.6 Å². The molecule has 0 spiro atoms. The average Bonchev–Trinajstić information content (AvgIpc) is 3.52. The van der Waals surface area contributed by atoms with Crippen LogP contribution in [0.25, 0.3) is 27.7 Å². The molecule has 0 amide bonds. The number of aryl methyl sites for hydroxylation is 1. The molecular formula is C26H19ClFN7. The highest BCUT2D eigenvalue weighted by Crippen LogP contribution is 2.38. The Hall–Kier alpha value is -4.14. The molecule has 0 aliphatic rings. The predicted octanol–water partition coefficient (Wildman–Crippen LogP) is 4.72. The zero-order valence-corrected chi connectivity index (χ0v) is 19.4.